The normalized spacial score (nSPS) is 10.3. The van der Waals surface area contributed by atoms with Gasteiger partial charge in [0.15, 0.2) is 0 Å². The van der Waals surface area contributed by atoms with Crippen molar-refractivity contribution in [1.29, 1.82) is 0 Å². The minimum Gasteiger partial charge on any atom is -0.341 e. The fourth-order valence-corrected chi connectivity index (χ4v) is 2.84. The zero-order valence-electron chi connectivity index (χ0n) is 13.9. The first-order valence-corrected chi connectivity index (χ1v) is 8.58. The molecule has 2 rings (SSSR count). The van der Waals surface area contributed by atoms with Gasteiger partial charge in [0, 0.05) is 43.6 Å². The Labute approximate surface area is 151 Å². The Morgan fingerprint density at radius 1 is 1.04 bits per heavy atom. The molecule has 2 amide bonds. The topological polar surface area (TPSA) is 40.6 Å². The highest BCUT2D eigenvalue weighted by Gasteiger charge is 2.16. The van der Waals surface area contributed by atoms with E-state index >= 15 is 0 Å². The van der Waals surface area contributed by atoms with E-state index in [2.05, 4.69) is 15.9 Å². The van der Waals surface area contributed by atoms with Crippen LogP contribution in [-0.4, -0.2) is 30.3 Å². The van der Waals surface area contributed by atoms with Gasteiger partial charge < -0.3 is 9.80 Å². The van der Waals surface area contributed by atoms with Crippen molar-refractivity contribution in [2.75, 3.05) is 18.5 Å². The maximum Gasteiger partial charge on any atom is 0.224 e. The summed E-state index contributed by atoms with van der Waals surface area (Å²) in [6.07, 6.45) is 0.287. The van der Waals surface area contributed by atoms with Gasteiger partial charge in [-0.15, -0.1) is 0 Å². The molecule has 0 N–H and O–H groups in total. The van der Waals surface area contributed by atoms with E-state index in [0.29, 0.717) is 13.1 Å². The maximum absolute atomic E-state index is 12.4. The molecule has 0 unspecified atom stereocenters. The quantitative estimate of drug-likeness (QED) is 0.753. The zero-order chi connectivity index (χ0) is 17.5. The first kappa shape index (κ1) is 18.2. The Balaban J connectivity index is 1.96. The lowest BCUT2D eigenvalue weighted by Crippen LogP contribution is -2.34. The molecule has 2 aromatic carbocycles. The van der Waals surface area contributed by atoms with Crippen LogP contribution in [0, 0.1) is 0 Å². The summed E-state index contributed by atoms with van der Waals surface area (Å²) in [5.74, 6) is -0.0632. The second-order valence-electron chi connectivity index (χ2n) is 5.64. The molecule has 0 aliphatic carbocycles. The molecule has 24 heavy (non-hydrogen) atoms. The summed E-state index contributed by atoms with van der Waals surface area (Å²) in [7, 11) is 1.78. The molecule has 0 radical (unpaired) electrons. The van der Waals surface area contributed by atoms with Crippen molar-refractivity contribution in [2.24, 2.45) is 0 Å². The van der Waals surface area contributed by atoms with Crippen molar-refractivity contribution in [3.8, 4) is 0 Å². The number of carbonyl (C=O) groups excluding carboxylic acids is 2. The number of benzene rings is 2. The van der Waals surface area contributed by atoms with Gasteiger partial charge in [-0.2, -0.15) is 0 Å². The van der Waals surface area contributed by atoms with Gasteiger partial charge >= 0.3 is 0 Å². The minimum absolute atomic E-state index is 0.0140. The second-order valence-corrected chi connectivity index (χ2v) is 6.55. The van der Waals surface area contributed by atoms with E-state index in [1.54, 1.807) is 16.8 Å². The molecule has 2 aromatic rings. The van der Waals surface area contributed by atoms with Crippen LogP contribution in [-0.2, 0) is 16.1 Å². The number of rotatable bonds is 6. The van der Waals surface area contributed by atoms with Crippen LogP contribution in [0.2, 0.25) is 0 Å². The van der Waals surface area contributed by atoms with Crippen LogP contribution in [0.1, 0.15) is 18.9 Å². The third kappa shape index (κ3) is 5.20. The predicted octanol–water partition coefficient (Wildman–Crippen LogP) is 3.85. The van der Waals surface area contributed by atoms with Gasteiger partial charge in [-0.1, -0.05) is 52.3 Å². The summed E-state index contributed by atoms with van der Waals surface area (Å²) in [6.45, 7) is 2.44. The van der Waals surface area contributed by atoms with Gasteiger partial charge in [0.2, 0.25) is 11.8 Å². The maximum atomic E-state index is 12.4. The largest absolute Gasteiger partial charge is 0.341 e. The lowest BCUT2D eigenvalue weighted by molar-refractivity contribution is -0.130. The summed E-state index contributed by atoms with van der Waals surface area (Å²) in [5.41, 5.74) is 1.87. The highest BCUT2D eigenvalue weighted by atomic mass is 79.9. The number of halogens is 1. The lowest BCUT2D eigenvalue weighted by Gasteiger charge is -2.23. The number of nitrogens with zero attached hydrogens (tertiary/aromatic N) is 2. The number of anilines is 1. The third-order valence-electron chi connectivity index (χ3n) is 3.74. The Bertz CT molecular complexity index is 704. The van der Waals surface area contributed by atoms with Gasteiger partial charge in [0.1, 0.15) is 0 Å². The van der Waals surface area contributed by atoms with E-state index in [1.165, 1.54) is 6.92 Å². The molecule has 0 aliphatic heterocycles. The van der Waals surface area contributed by atoms with Crippen molar-refractivity contribution in [3.05, 3.63) is 64.6 Å². The van der Waals surface area contributed by atoms with Crippen LogP contribution in [0.15, 0.2) is 59.1 Å². The van der Waals surface area contributed by atoms with E-state index in [4.69, 9.17) is 0 Å². The lowest BCUT2D eigenvalue weighted by atomic mass is 10.2. The second kappa shape index (κ2) is 8.64. The highest BCUT2D eigenvalue weighted by molar-refractivity contribution is 9.10. The Morgan fingerprint density at radius 2 is 1.75 bits per heavy atom. The van der Waals surface area contributed by atoms with E-state index in [9.17, 15) is 9.59 Å². The average Bonchev–Trinajstić information content (AvgIpc) is 2.55. The number of carbonyl (C=O) groups is 2. The molecule has 0 saturated carbocycles. The molecule has 0 bridgehead atoms. The smallest absolute Gasteiger partial charge is 0.224 e. The first-order valence-electron chi connectivity index (χ1n) is 7.79. The summed E-state index contributed by atoms with van der Waals surface area (Å²) < 4.78 is 0.902. The number of hydrogen-bond donors (Lipinski definition) is 0. The Hall–Kier alpha value is -2.14. The van der Waals surface area contributed by atoms with Crippen LogP contribution < -0.4 is 4.90 Å². The summed E-state index contributed by atoms with van der Waals surface area (Å²) in [4.78, 5) is 27.6. The molecule has 5 heteroatoms. The summed E-state index contributed by atoms with van der Waals surface area (Å²) >= 11 is 3.41. The van der Waals surface area contributed by atoms with E-state index in [1.807, 2.05) is 54.6 Å². The van der Waals surface area contributed by atoms with Gasteiger partial charge in [-0.25, -0.2) is 0 Å². The van der Waals surface area contributed by atoms with Gasteiger partial charge in [0.05, 0.1) is 0 Å². The SMILES string of the molecule is CC(=O)N(CCC(=O)N(C)Cc1ccccc1)c1cccc(Br)c1. The molecule has 126 valence electrons. The molecule has 0 heterocycles. The first-order chi connectivity index (χ1) is 11.5. The van der Waals surface area contributed by atoms with Gasteiger partial charge in [-0.3, -0.25) is 9.59 Å². The molecule has 0 saturated heterocycles. The predicted molar refractivity (Wildman–Crippen MR) is 99.7 cm³/mol. The van der Waals surface area contributed by atoms with E-state index in [-0.39, 0.29) is 18.2 Å². The van der Waals surface area contributed by atoms with Crippen molar-refractivity contribution in [2.45, 2.75) is 19.9 Å². The van der Waals surface area contributed by atoms with Crippen molar-refractivity contribution in [3.63, 3.8) is 0 Å². The van der Waals surface area contributed by atoms with Crippen LogP contribution in [0.4, 0.5) is 5.69 Å². The minimum atomic E-state index is -0.0772. The molecule has 0 spiro atoms. The monoisotopic (exact) mass is 388 g/mol. The fraction of sp³-hybridized carbons (Fsp3) is 0.263. The molecular formula is C19H21BrN2O2. The summed E-state index contributed by atoms with van der Waals surface area (Å²) in [5, 5.41) is 0. The molecule has 0 atom stereocenters. The Morgan fingerprint density at radius 3 is 2.38 bits per heavy atom. The van der Waals surface area contributed by atoms with Gasteiger partial charge in [-0.05, 0) is 23.8 Å². The average molecular weight is 389 g/mol. The molecule has 0 aliphatic rings. The standard InChI is InChI=1S/C19H21BrN2O2/c1-15(23)22(18-10-6-9-17(20)13-18)12-11-19(24)21(2)14-16-7-4-3-5-8-16/h3-10,13H,11-12,14H2,1-2H3. The third-order valence-corrected chi connectivity index (χ3v) is 4.23. The van der Waals surface area contributed by atoms with Gasteiger partial charge in [0.25, 0.3) is 0 Å². The molecule has 4 nitrogen and oxygen atoms in total. The molecule has 0 fully saturated rings. The summed E-state index contributed by atoms with van der Waals surface area (Å²) in [6, 6.07) is 17.4. The number of amides is 2. The van der Waals surface area contributed by atoms with E-state index < -0.39 is 0 Å². The van der Waals surface area contributed by atoms with Crippen molar-refractivity contribution >= 4 is 33.4 Å². The number of hydrogen-bond acceptors (Lipinski definition) is 2. The molecule has 0 aromatic heterocycles. The van der Waals surface area contributed by atoms with Crippen LogP contribution in [0.3, 0.4) is 0 Å². The highest BCUT2D eigenvalue weighted by Crippen LogP contribution is 2.20. The van der Waals surface area contributed by atoms with Crippen molar-refractivity contribution in [1.82, 2.24) is 4.90 Å². The Kier molecular flexibility index (Phi) is 6.55. The zero-order valence-corrected chi connectivity index (χ0v) is 15.5. The van der Waals surface area contributed by atoms with Crippen molar-refractivity contribution < 1.29 is 9.59 Å². The van der Waals surface area contributed by atoms with E-state index in [0.717, 1.165) is 15.7 Å². The van der Waals surface area contributed by atoms with Crippen LogP contribution in [0.25, 0.3) is 0 Å². The van der Waals surface area contributed by atoms with Crippen LogP contribution >= 0.6 is 15.9 Å². The fourth-order valence-electron chi connectivity index (χ4n) is 2.46. The molecular weight excluding hydrogens is 368 g/mol. The van der Waals surface area contributed by atoms with Crippen LogP contribution in [0.5, 0.6) is 0 Å².